The molecule has 6 heteroatoms. The van der Waals surface area contributed by atoms with Gasteiger partial charge < -0.3 is 4.90 Å². The molecule has 2 aromatic rings. The zero-order valence-electron chi connectivity index (χ0n) is 16.1. The summed E-state index contributed by atoms with van der Waals surface area (Å²) in [6.07, 6.45) is 3.38. The molecule has 1 aliphatic heterocycles. The van der Waals surface area contributed by atoms with Crippen LogP contribution in [0.5, 0.6) is 0 Å². The molecular formula is C22H24N4O2. The molecule has 0 N–H and O–H groups in total. The predicted molar refractivity (Wildman–Crippen MR) is 105 cm³/mol. The van der Waals surface area contributed by atoms with E-state index in [4.69, 9.17) is 0 Å². The zero-order chi connectivity index (χ0) is 19.7. The van der Waals surface area contributed by atoms with E-state index in [1.807, 2.05) is 35.2 Å². The van der Waals surface area contributed by atoms with E-state index in [2.05, 4.69) is 11.2 Å². The molecule has 6 nitrogen and oxygen atoms in total. The van der Waals surface area contributed by atoms with Crippen LogP contribution >= 0.6 is 0 Å². The number of carbonyl (C=O) groups is 1. The maximum atomic E-state index is 13.1. The second kappa shape index (κ2) is 7.23. The van der Waals surface area contributed by atoms with E-state index in [1.165, 1.54) is 4.68 Å². The highest BCUT2D eigenvalue weighted by atomic mass is 16.2. The van der Waals surface area contributed by atoms with Gasteiger partial charge in [-0.1, -0.05) is 30.3 Å². The fourth-order valence-electron chi connectivity index (χ4n) is 4.49. The van der Waals surface area contributed by atoms with E-state index in [-0.39, 0.29) is 17.4 Å². The lowest BCUT2D eigenvalue weighted by Crippen LogP contribution is -2.47. The van der Waals surface area contributed by atoms with Crippen molar-refractivity contribution in [2.75, 3.05) is 13.1 Å². The molecule has 1 aromatic carbocycles. The van der Waals surface area contributed by atoms with Crippen LogP contribution in [0, 0.1) is 17.2 Å². The Bertz CT molecular complexity index is 982. The summed E-state index contributed by atoms with van der Waals surface area (Å²) >= 11 is 0. The number of aromatic nitrogens is 2. The maximum absolute atomic E-state index is 13.1. The maximum Gasteiger partial charge on any atom is 0.266 e. The van der Waals surface area contributed by atoms with Gasteiger partial charge in [-0.25, -0.2) is 4.68 Å². The van der Waals surface area contributed by atoms with Crippen molar-refractivity contribution in [3.8, 4) is 6.07 Å². The van der Waals surface area contributed by atoms with Crippen LogP contribution < -0.4 is 5.56 Å². The third kappa shape index (κ3) is 3.22. The molecule has 0 bridgehead atoms. The predicted octanol–water partition coefficient (Wildman–Crippen LogP) is 1.97. The summed E-state index contributed by atoms with van der Waals surface area (Å²) in [4.78, 5) is 26.9. The highest BCUT2D eigenvalue weighted by molar-refractivity contribution is 5.79. The van der Waals surface area contributed by atoms with Crippen LogP contribution in [0.1, 0.15) is 36.1 Å². The van der Waals surface area contributed by atoms with Crippen molar-refractivity contribution in [3.05, 3.63) is 63.6 Å². The van der Waals surface area contributed by atoms with E-state index in [9.17, 15) is 14.9 Å². The Kier molecular flexibility index (Phi) is 4.76. The minimum Gasteiger partial charge on any atom is -0.342 e. The van der Waals surface area contributed by atoms with Crippen molar-refractivity contribution in [2.45, 2.75) is 37.5 Å². The standard InChI is InChI=1S/C22H24N4O2/c1-25-20(27)14-17-13-16(7-8-19(17)24-25)21(28)26-11-9-22(15-23,10-12-26)18-5-3-2-4-6-18/h2-6,14,16H,7-13H2,1H3. The van der Waals surface area contributed by atoms with Crippen molar-refractivity contribution in [1.82, 2.24) is 14.7 Å². The summed E-state index contributed by atoms with van der Waals surface area (Å²) in [6, 6.07) is 14.0. The summed E-state index contributed by atoms with van der Waals surface area (Å²) in [7, 11) is 1.65. The lowest BCUT2D eigenvalue weighted by molar-refractivity contribution is -0.137. The number of nitriles is 1. The van der Waals surface area contributed by atoms with Crippen molar-refractivity contribution in [1.29, 1.82) is 5.26 Å². The van der Waals surface area contributed by atoms with Gasteiger partial charge >= 0.3 is 0 Å². The number of benzene rings is 1. The van der Waals surface area contributed by atoms with Gasteiger partial charge in [0.2, 0.25) is 5.91 Å². The Balaban J connectivity index is 1.45. The van der Waals surface area contributed by atoms with E-state index in [1.54, 1.807) is 13.1 Å². The Morgan fingerprint density at radius 3 is 2.64 bits per heavy atom. The smallest absolute Gasteiger partial charge is 0.266 e. The Labute approximate surface area is 164 Å². The van der Waals surface area contributed by atoms with Gasteiger partial charge in [0.15, 0.2) is 0 Å². The molecule has 0 spiro atoms. The summed E-state index contributed by atoms with van der Waals surface area (Å²) < 4.78 is 1.36. The largest absolute Gasteiger partial charge is 0.342 e. The van der Waals surface area contributed by atoms with Crippen molar-refractivity contribution < 1.29 is 4.79 Å². The average molecular weight is 376 g/mol. The Morgan fingerprint density at radius 1 is 1.25 bits per heavy atom. The number of likely N-dealkylation sites (tertiary alicyclic amines) is 1. The monoisotopic (exact) mass is 376 g/mol. The van der Waals surface area contributed by atoms with Gasteiger partial charge in [0, 0.05) is 32.1 Å². The topological polar surface area (TPSA) is 79.0 Å². The molecule has 28 heavy (non-hydrogen) atoms. The van der Waals surface area contributed by atoms with Crippen LogP contribution in [0.3, 0.4) is 0 Å². The molecule has 1 aliphatic carbocycles. The van der Waals surface area contributed by atoms with E-state index in [0.717, 1.165) is 29.7 Å². The van der Waals surface area contributed by atoms with Crippen molar-refractivity contribution >= 4 is 5.91 Å². The minimum atomic E-state index is -0.507. The molecule has 1 fully saturated rings. The first-order chi connectivity index (χ1) is 13.5. The van der Waals surface area contributed by atoms with Crippen LogP contribution in [0.25, 0.3) is 0 Å². The summed E-state index contributed by atoms with van der Waals surface area (Å²) in [6.45, 7) is 1.19. The third-order valence-corrected chi connectivity index (χ3v) is 6.27. The number of hydrogen-bond acceptors (Lipinski definition) is 4. The number of hydrogen-bond donors (Lipinski definition) is 0. The first kappa shape index (κ1) is 18.4. The molecule has 1 saturated heterocycles. The minimum absolute atomic E-state index is 0.104. The average Bonchev–Trinajstić information content (AvgIpc) is 2.74. The SMILES string of the molecule is Cn1nc2c(cc1=O)CC(C(=O)N1CCC(C#N)(c3ccccc3)CC1)CC2. The molecule has 2 heterocycles. The Morgan fingerprint density at radius 2 is 1.96 bits per heavy atom. The molecular weight excluding hydrogens is 352 g/mol. The van der Waals surface area contributed by atoms with Crippen molar-refractivity contribution in [2.24, 2.45) is 13.0 Å². The normalized spacial score (nSPS) is 20.9. The van der Waals surface area contributed by atoms with Gasteiger partial charge in [0.25, 0.3) is 5.56 Å². The number of amides is 1. The second-order valence-corrected chi connectivity index (χ2v) is 7.90. The molecule has 1 aromatic heterocycles. The van der Waals surface area contributed by atoms with Gasteiger partial charge in [-0.2, -0.15) is 10.4 Å². The molecule has 1 unspecified atom stereocenters. The van der Waals surface area contributed by atoms with Crippen LogP contribution in [0.4, 0.5) is 0 Å². The lowest BCUT2D eigenvalue weighted by Gasteiger charge is -2.39. The van der Waals surface area contributed by atoms with E-state index < -0.39 is 5.41 Å². The van der Waals surface area contributed by atoms with Crippen LogP contribution in [0.2, 0.25) is 0 Å². The molecule has 2 aliphatic rings. The lowest BCUT2D eigenvalue weighted by atomic mass is 9.73. The first-order valence-corrected chi connectivity index (χ1v) is 9.84. The molecule has 0 radical (unpaired) electrons. The highest BCUT2D eigenvalue weighted by Crippen LogP contribution is 2.36. The summed E-state index contributed by atoms with van der Waals surface area (Å²) in [5.74, 6) is 0.0404. The van der Waals surface area contributed by atoms with Crippen LogP contribution in [0.15, 0.2) is 41.2 Å². The molecule has 4 rings (SSSR count). The van der Waals surface area contributed by atoms with E-state index in [0.29, 0.717) is 32.4 Å². The number of aryl methyl sites for hydroxylation is 2. The fourth-order valence-corrected chi connectivity index (χ4v) is 4.49. The molecule has 1 amide bonds. The van der Waals surface area contributed by atoms with Gasteiger partial charge in [-0.05, 0) is 43.2 Å². The molecule has 144 valence electrons. The van der Waals surface area contributed by atoms with Crippen LogP contribution in [-0.2, 0) is 30.1 Å². The quantitative estimate of drug-likeness (QED) is 0.803. The molecule has 1 atom stereocenters. The first-order valence-electron chi connectivity index (χ1n) is 9.84. The van der Waals surface area contributed by atoms with Gasteiger partial charge in [-0.15, -0.1) is 0 Å². The number of piperidine rings is 1. The fraction of sp³-hybridized carbons (Fsp3) is 0.455. The summed E-state index contributed by atoms with van der Waals surface area (Å²) in [5, 5.41) is 14.2. The number of rotatable bonds is 2. The highest BCUT2D eigenvalue weighted by Gasteiger charge is 2.39. The number of carbonyl (C=O) groups excluding carboxylic acids is 1. The van der Waals surface area contributed by atoms with Gasteiger partial charge in [0.05, 0.1) is 17.2 Å². The van der Waals surface area contributed by atoms with E-state index >= 15 is 0 Å². The Hall–Kier alpha value is -2.94. The van der Waals surface area contributed by atoms with Crippen LogP contribution in [-0.4, -0.2) is 33.7 Å². The third-order valence-electron chi connectivity index (χ3n) is 6.27. The zero-order valence-corrected chi connectivity index (χ0v) is 16.1. The van der Waals surface area contributed by atoms with Gasteiger partial charge in [-0.3, -0.25) is 9.59 Å². The number of fused-ring (bicyclic) bond motifs is 1. The van der Waals surface area contributed by atoms with Crippen molar-refractivity contribution in [3.63, 3.8) is 0 Å². The molecule has 0 saturated carbocycles. The second-order valence-electron chi connectivity index (χ2n) is 7.90. The van der Waals surface area contributed by atoms with Gasteiger partial charge in [0.1, 0.15) is 0 Å². The summed E-state index contributed by atoms with van der Waals surface area (Å²) in [5.41, 5.74) is 2.23. The number of nitrogens with zero attached hydrogens (tertiary/aromatic N) is 4.